The third-order valence-corrected chi connectivity index (χ3v) is 2.56. The Labute approximate surface area is 108 Å². The minimum absolute atomic E-state index is 0.131. The van der Waals surface area contributed by atoms with Crippen molar-refractivity contribution in [1.82, 2.24) is 0 Å². The number of benzene rings is 1. The molecule has 18 heavy (non-hydrogen) atoms. The van der Waals surface area contributed by atoms with Gasteiger partial charge in [0.15, 0.2) is 0 Å². The van der Waals surface area contributed by atoms with Gasteiger partial charge in [-0.05, 0) is 26.3 Å². The smallest absolute Gasteiger partial charge is 0.331 e. The molecule has 0 fully saturated rings. The second-order valence-electron chi connectivity index (χ2n) is 5.31. The number of aliphatic hydroxyl groups is 1. The Balaban J connectivity index is 3.04. The van der Waals surface area contributed by atoms with E-state index >= 15 is 0 Å². The van der Waals surface area contributed by atoms with Crippen LogP contribution in [0.5, 0.6) is 0 Å². The summed E-state index contributed by atoms with van der Waals surface area (Å²) in [6.07, 6.45) is 0.131. The molecule has 1 aromatic rings. The summed E-state index contributed by atoms with van der Waals surface area (Å²) < 4.78 is 5.33. The van der Waals surface area contributed by atoms with Gasteiger partial charge in [0.25, 0.3) is 0 Å². The number of hydrogen-bond acceptors (Lipinski definition) is 4. The van der Waals surface area contributed by atoms with E-state index in [1.165, 1.54) is 0 Å². The van der Waals surface area contributed by atoms with Gasteiger partial charge in [-0.3, -0.25) is 0 Å². The lowest BCUT2D eigenvalue weighted by Gasteiger charge is -2.31. The van der Waals surface area contributed by atoms with Gasteiger partial charge in [-0.25, -0.2) is 4.79 Å². The number of rotatable bonds is 4. The maximum atomic E-state index is 12.2. The summed E-state index contributed by atoms with van der Waals surface area (Å²) in [5, 5.41) is 9.12. The molecule has 0 radical (unpaired) electrons. The highest BCUT2D eigenvalue weighted by atomic mass is 16.6. The Morgan fingerprint density at radius 3 is 2.28 bits per heavy atom. The Kier molecular flexibility index (Phi) is 4.48. The molecule has 100 valence electrons. The molecule has 0 unspecified atom stereocenters. The zero-order chi connectivity index (χ0) is 13.8. The fourth-order valence-corrected chi connectivity index (χ4v) is 1.65. The zero-order valence-electron chi connectivity index (χ0n) is 11.1. The summed E-state index contributed by atoms with van der Waals surface area (Å²) in [5.74, 6) is -0.518. The molecule has 0 aliphatic heterocycles. The van der Waals surface area contributed by atoms with E-state index in [2.05, 4.69) is 0 Å². The van der Waals surface area contributed by atoms with Gasteiger partial charge in [-0.2, -0.15) is 0 Å². The standard InChI is InChI=1S/C14H21NO3/c1-13(2,3)18-12(17)14(15,9-10-16)11-7-5-4-6-8-11/h4-8,16H,9-10,15H2,1-3H3/t14-/m0/s1. The molecule has 0 aliphatic carbocycles. The van der Waals surface area contributed by atoms with E-state index in [4.69, 9.17) is 15.6 Å². The Bertz CT molecular complexity index is 397. The van der Waals surface area contributed by atoms with Crippen molar-refractivity contribution in [1.29, 1.82) is 0 Å². The number of ether oxygens (including phenoxy) is 1. The van der Waals surface area contributed by atoms with Crippen LogP contribution in [0.15, 0.2) is 30.3 Å². The van der Waals surface area contributed by atoms with Crippen molar-refractivity contribution in [3.63, 3.8) is 0 Å². The largest absolute Gasteiger partial charge is 0.458 e. The van der Waals surface area contributed by atoms with Crippen LogP contribution in [0.4, 0.5) is 0 Å². The van der Waals surface area contributed by atoms with Crippen molar-refractivity contribution in [3.05, 3.63) is 35.9 Å². The second kappa shape index (κ2) is 5.50. The minimum Gasteiger partial charge on any atom is -0.458 e. The summed E-state index contributed by atoms with van der Waals surface area (Å²) in [6.45, 7) is 5.18. The first kappa shape index (κ1) is 14.7. The van der Waals surface area contributed by atoms with Crippen LogP contribution in [-0.4, -0.2) is 23.3 Å². The summed E-state index contributed by atoms with van der Waals surface area (Å²) in [4.78, 5) is 12.2. The molecular formula is C14H21NO3. The first-order chi connectivity index (χ1) is 8.29. The van der Waals surface area contributed by atoms with Gasteiger partial charge in [0.05, 0.1) is 0 Å². The first-order valence-corrected chi connectivity index (χ1v) is 5.98. The molecule has 4 heteroatoms. The van der Waals surface area contributed by atoms with Gasteiger partial charge < -0.3 is 15.6 Å². The summed E-state index contributed by atoms with van der Waals surface area (Å²) >= 11 is 0. The van der Waals surface area contributed by atoms with E-state index in [-0.39, 0.29) is 13.0 Å². The molecule has 1 atom stereocenters. The molecule has 0 bridgehead atoms. The fraction of sp³-hybridized carbons (Fsp3) is 0.500. The zero-order valence-corrected chi connectivity index (χ0v) is 11.1. The number of aliphatic hydroxyl groups excluding tert-OH is 1. The van der Waals surface area contributed by atoms with E-state index in [1.807, 2.05) is 6.07 Å². The normalized spacial score (nSPS) is 14.9. The van der Waals surface area contributed by atoms with Crippen LogP contribution in [0.3, 0.4) is 0 Å². The van der Waals surface area contributed by atoms with Crippen molar-refractivity contribution in [2.24, 2.45) is 5.73 Å². The van der Waals surface area contributed by atoms with Gasteiger partial charge in [-0.15, -0.1) is 0 Å². The molecular weight excluding hydrogens is 230 g/mol. The Hall–Kier alpha value is -1.39. The highest BCUT2D eigenvalue weighted by Gasteiger charge is 2.39. The highest BCUT2D eigenvalue weighted by molar-refractivity contribution is 5.82. The third-order valence-electron chi connectivity index (χ3n) is 2.56. The number of carbonyl (C=O) groups is 1. The molecule has 0 saturated heterocycles. The molecule has 1 rings (SSSR count). The quantitative estimate of drug-likeness (QED) is 0.797. The van der Waals surface area contributed by atoms with Crippen molar-refractivity contribution in [2.45, 2.75) is 38.3 Å². The summed E-state index contributed by atoms with van der Waals surface area (Å²) in [5.41, 5.74) is 4.89. The van der Waals surface area contributed by atoms with Crippen LogP contribution in [0.2, 0.25) is 0 Å². The topological polar surface area (TPSA) is 72.5 Å². The van der Waals surface area contributed by atoms with E-state index in [0.29, 0.717) is 5.56 Å². The molecule has 3 N–H and O–H groups in total. The van der Waals surface area contributed by atoms with Crippen molar-refractivity contribution in [3.8, 4) is 0 Å². The maximum absolute atomic E-state index is 12.2. The van der Waals surface area contributed by atoms with Gasteiger partial charge in [0.2, 0.25) is 0 Å². The lowest BCUT2D eigenvalue weighted by molar-refractivity contribution is -0.163. The monoisotopic (exact) mass is 251 g/mol. The van der Waals surface area contributed by atoms with Crippen LogP contribution in [0, 0.1) is 0 Å². The van der Waals surface area contributed by atoms with Gasteiger partial charge in [0, 0.05) is 13.0 Å². The van der Waals surface area contributed by atoms with Gasteiger partial charge >= 0.3 is 5.97 Å². The number of nitrogens with two attached hydrogens (primary N) is 1. The maximum Gasteiger partial charge on any atom is 0.331 e. The van der Waals surface area contributed by atoms with Crippen molar-refractivity contribution < 1.29 is 14.6 Å². The minimum atomic E-state index is -1.30. The summed E-state index contributed by atoms with van der Waals surface area (Å²) in [6, 6.07) is 8.98. The highest BCUT2D eigenvalue weighted by Crippen LogP contribution is 2.25. The average Bonchev–Trinajstić information content (AvgIpc) is 2.28. The molecule has 0 spiro atoms. The first-order valence-electron chi connectivity index (χ1n) is 5.98. The Morgan fingerprint density at radius 2 is 1.83 bits per heavy atom. The lowest BCUT2D eigenvalue weighted by atomic mass is 9.88. The van der Waals surface area contributed by atoms with E-state index in [9.17, 15) is 4.79 Å². The van der Waals surface area contributed by atoms with Crippen LogP contribution < -0.4 is 5.73 Å². The lowest BCUT2D eigenvalue weighted by Crippen LogP contribution is -2.49. The SMILES string of the molecule is CC(C)(C)OC(=O)[C@](N)(CCO)c1ccccc1. The number of hydrogen-bond donors (Lipinski definition) is 2. The number of esters is 1. The third kappa shape index (κ3) is 3.55. The predicted octanol–water partition coefficient (Wildman–Crippen LogP) is 1.56. The Morgan fingerprint density at radius 1 is 1.28 bits per heavy atom. The molecule has 0 heterocycles. The van der Waals surface area contributed by atoms with Crippen LogP contribution >= 0.6 is 0 Å². The predicted molar refractivity (Wildman–Crippen MR) is 69.9 cm³/mol. The van der Waals surface area contributed by atoms with Crippen molar-refractivity contribution >= 4 is 5.97 Å². The van der Waals surface area contributed by atoms with E-state index < -0.39 is 17.1 Å². The molecule has 4 nitrogen and oxygen atoms in total. The fourth-order valence-electron chi connectivity index (χ4n) is 1.65. The molecule has 1 aromatic carbocycles. The molecule has 0 aromatic heterocycles. The van der Waals surface area contributed by atoms with Crippen LogP contribution in [0.1, 0.15) is 32.8 Å². The van der Waals surface area contributed by atoms with E-state index in [0.717, 1.165) is 0 Å². The van der Waals surface area contributed by atoms with Gasteiger partial charge in [0.1, 0.15) is 11.1 Å². The molecule has 0 aliphatic rings. The van der Waals surface area contributed by atoms with Crippen LogP contribution in [0.25, 0.3) is 0 Å². The van der Waals surface area contributed by atoms with E-state index in [1.54, 1.807) is 45.0 Å². The average molecular weight is 251 g/mol. The summed E-state index contributed by atoms with van der Waals surface area (Å²) in [7, 11) is 0. The van der Waals surface area contributed by atoms with Gasteiger partial charge in [-0.1, -0.05) is 30.3 Å². The van der Waals surface area contributed by atoms with Crippen LogP contribution in [-0.2, 0) is 15.1 Å². The molecule has 0 saturated carbocycles. The molecule has 0 amide bonds. The number of carbonyl (C=O) groups excluding carboxylic acids is 1. The van der Waals surface area contributed by atoms with Crippen molar-refractivity contribution in [2.75, 3.05) is 6.61 Å². The second-order valence-corrected chi connectivity index (χ2v) is 5.31.